The summed E-state index contributed by atoms with van der Waals surface area (Å²) in [6.07, 6.45) is 5.62. The molecule has 8 heteroatoms. The Hall–Kier alpha value is -3.91. The Morgan fingerprint density at radius 3 is 2.61 bits per heavy atom. The van der Waals surface area contributed by atoms with Crippen LogP contribution >= 0.6 is 0 Å². The number of carbonyl (C=O) groups excluding carboxylic acids is 1. The zero-order chi connectivity index (χ0) is 22.5. The van der Waals surface area contributed by atoms with Gasteiger partial charge in [0.1, 0.15) is 11.5 Å². The summed E-state index contributed by atoms with van der Waals surface area (Å²) in [5.41, 5.74) is 2.55. The van der Waals surface area contributed by atoms with Crippen molar-refractivity contribution in [1.82, 2.24) is 25.0 Å². The van der Waals surface area contributed by atoms with Crippen molar-refractivity contribution in [2.24, 2.45) is 0 Å². The predicted octanol–water partition coefficient (Wildman–Crippen LogP) is 2.97. The number of anilines is 1. The monoisotopic (exact) mass is 442 g/mol. The van der Waals surface area contributed by atoms with Gasteiger partial charge in [0.05, 0.1) is 25.0 Å². The maximum Gasteiger partial charge on any atom is 0.225 e. The molecule has 1 aromatic carbocycles. The van der Waals surface area contributed by atoms with Crippen molar-refractivity contribution in [2.45, 2.75) is 6.42 Å². The van der Waals surface area contributed by atoms with Crippen LogP contribution in [0.2, 0.25) is 0 Å². The molecule has 0 saturated carbocycles. The van der Waals surface area contributed by atoms with Crippen LogP contribution in [0.1, 0.15) is 5.56 Å². The van der Waals surface area contributed by atoms with Crippen LogP contribution < -0.4 is 10.2 Å². The van der Waals surface area contributed by atoms with E-state index in [1.165, 1.54) is 0 Å². The maximum atomic E-state index is 12.5. The van der Waals surface area contributed by atoms with Crippen molar-refractivity contribution in [1.29, 1.82) is 0 Å². The molecular formula is C25H26N6O2. The fourth-order valence-electron chi connectivity index (χ4n) is 3.91. The summed E-state index contributed by atoms with van der Waals surface area (Å²) in [6, 6.07) is 19.6. The molecule has 0 radical (unpaired) electrons. The van der Waals surface area contributed by atoms with Gasteiger partial charge < -0.3 is 14.6 Å². The smallest absolute Gasteiger partial charge is 0.225 e. The van der Waals surface area contributed by atoms with Gasteiger partial charge in [-0.25, -0.2) is 9.67 Å². The zero-order valence-corrected chi connectivity index (χ0v) is 18.3. The first-order valence-electron chi connectivity index (χ1n) is 11.1. The highest BCUT2D eigenvalue weighted by Gasteiger charge is 2.18. The average molecular weight is 443 g/mol. The lowest BCUT2D eigenvalue weighted by molar-refractivity contribution is -0.121. The number of pyridine rings is 1. The Labute approximate surface area is 192 Å². The lowest BCUT2D eigenvalue weighted by atomic mass is 10.2. The van der Waals surface area contributed by atoms with Gasteiger partial charge in [0.25, 0.3) is 0 Å². The van der Waals surface area contributed by atoms with E-state index >= 15 is 0 Å². The van der Waals surface area contributed by atoms with Crippen molar-refractivity contribution in [3.05, 3.63) is 84.9 Å². The van der Waals surface area contributed by atoms with Gasteiger partial charge in [0.15, 0.2) is 5.76 Å². The highest BCUT2D eigenvalue weighted by Crippen LogP contribution is 2.22. The van der Waals surface area contributed by atoms with Crippen LogP contribution in [0.15, 0.2) is 83.7 Å². The number of nitrogens with one attached hydrogen (secondary N) is 1. The van der Waals surface area contributed by atoms with Crippen LogP contribution in [0.5, 0.6) is 0 Å². The molecule has 3 aromatic heterocycles. The van der Waals surface area contributed by atoms with E-state index in [0.29, 0.717) is 12.4 Å². The van der Waals surface area contributed by atoms with E-state index in [4.69, 9.17) is 4.42 Å². The molecule has 1 aliphatic heterocycles. The van der Waals surface area contributed by atoms with Crippen molar-refractivity contribution in [3.8, 4) is 17.1 Å². The summed E-state index contributed by atoms with van der Waals surface area (Å²) in [5, 5.41) is 7.60. The van der Waals surface area contributed by atoms with Crippen LogP contribution in [-0.2, 0) is 11.2 Å². The zero-order valence-electron chi connectivity index (χ0n) is 18.3. The average Bonchev–Trinajstić information content (AvgIpc) is 3.54. The van der Waals surface area contributed by atoms with Gasteiger partial charge >= 0.3 is 0 Å². The standard InChI is InChI=1S/C25H26N6O2/c32-25(27-19-29-12-14-30(15-13-29)24-8-4-5-10-26-24)17-20-16-23(33-18-20)22-9-11-31(28-22)21-6-2-1-3-7-21/h1-11,16,18H,12-15,17,19H2,(H,27,32). The number of benzene rings is 1. The fourth-order valence-corrected chi connectivity index (χ4v) is 3.91. The molecule has 33 heavy (non-hydrogen) atoms. The molecule has 0 aliphatic carbocycles. The fraction of sp³-hybridized carbons (Fsp3) is 0.240. The molecule has 1 amide bonds. The van der Waals surface area contributed by atoms with Gasteiger partial charge in [-0.05, 0) is 36.4 Å². The quantitative estimate of drug-likeness (QED) is 0.474. The Morgan fingerprint density at radius 2 is 1.82 bits per heavy atom. The number of piperazine rings is 1. The topological polar surface area (TPSA) is 79.4 Å². The van der Waals surface area contributed by atoms with Crippen molar-refractivity contribution >= 4 is 11.7 Å². The van der Waals surface area contributed by atoms with E-state index in [0.717, 1.165) is 48.9 Å². The van der Waals surface area contributed by atoms with Crippen molar-refractivity contribution in [2.75, 3.05) is 37.7 Å². The second-order valence-electron chi connectivity index (χ2n) is 8.03. The van der Waals surface area contributed by atoms with Crippen LogP contribution in [0.3, 0.4) is 0 Å². The molecule has 0 spiro atoms. The second kappa shape index (κ2) is 9.70. The molecule has 0 bridgehead atoms. The van der Waals surface area contributed by atoms with E-state index < -0.39 is 0 Å². The molecule has 0 unspecified atom stereocenters. The van der Waals surface area contributed by atoms with E-state index in [1.807, 2.05) is 73.1 Å². The molecule has 8 nitrogen and oxygen atoms in total. The third-order valence-corrected chi connectivity index (χ3v) is 5.73. The third-order valence-electron chi connectivity index (χ3n) is 5.73. The maximum absolute atomic E-state index is 12.5. The summed E-state index contributed by atoms with van der Waals surface area (Å²) in [5.74, 6) is 1.63. The summed E-state index contributed by atoms with van der Waals surface area (Å²) >= 11 is 0. The van der Waals surface area contributed by atoms with Crippen LogP contribution in [-0.4, -0.2) is 58.4 Å². The first-order valence-corrected chi connectivity index (χ1v) is 11.1. The highest BCUT2D eigenvalue weighted by molar-refractivity contribution is 5.78. The Kier molecular flexibility index (Phi) is 6.16. The molecule has 1 aliphatic rings. The number of para-hydroxylation sites is 1. The summed E-state index contributed by atoms with van der Waals surface area (Å²) in [4.78, 5) is 21.4. The Balaban J connectivity index is 1.10. The lowest BCUT2D eigenvalue weighted by Gasteiger charge is -2.35. The third kappa shape index (κ3) is 5.12. The summed E-state index contributed by atoms with van der Waals surface area (Å²) in [6.45, 7) is 4.11. The van der Waals surface area contributed by atoms with E-state index in [2.05, 4.69) is 25.2 Å². The molecule has 4 heterocycles. The minimum absolute atomic E-state index is 0.0238. The van der Waals surface area contributed by atoms with E-state index in [1.54, 1.807) is 10.9 Å². The molecule has 0 atom stereocenters. The number of amides is 1. The first-order chi connectivity index (χ1) is 16.2. The molecule has 168 valence electrons. The number of hydrogen-bond acceptors (Lipinski definition) is 6. The minimum Gasteiger partial charge on any atom is -0.462 e. The largest absolute Gasteiger partial charge is 0.462 e. The second-order valence-corrected chi connectivity index (χ2v) is 8.03. The Bertz CT molecular complexity index is 1180. The molecule has 4 aromatic rings. The molecule has 1 saturated heterocycles. The number of nitrogens with zero attached hydrogens (tertiary/aromatic N) is 5. The number of rotatable bonds is 7. The van der Waals surface area contributed by atoms with Gasteiger partial charge in [-0.1, -0.05) is 24.3 Å². The van der Waals surface area contributed by atoms with Crippen LogP contribution in [0.4, 0.5) is 5.82 Å². The minimum atomic E-state index is -0.0238. The molecule has 1 N–H and O–H groups in total. The molecule has 5 rings (SSSR count). The number of aromatic nitrogens is 3. The SMILES string of the molecule is O=C(Cc1coc(-c2ccn(-c3ccccc3)n2)c1)NCN1CCN(c2ccccn2)CC1. The van der Waals surface area contributed by atoms with Crippen LogP contribution in [0.25, 0.3) is 17.1 Å². The van der Waals surface area contributed by atoms with Crippen molar-refractivity contribution in [3.63, 3.8) is 0 Å². The molecular weight excluding hydrogens is 416 g/mol. The Morgan fingerprint density at radius 1 is 1.00 bits per heavy atom. The number of carbonyl (C=O) groups is 1. The van der Waals surface area contributed by atoms with Gasteiger partial charge in [-0.3, -0.25) is 9.69 Å². The predicted molar refractivity (Wildman–Crippen MR) is 126 cm³/mol. The highest BCUT2D eigenvalue weighted by atomic mass is 16.3. The van der Waals surface area contributed by atoms with Gasteiger partial charge in [0, 0.05) is 44.1 Å². The lowest BCUT2D eigenvalue weighted by Crippen LogP contribution is -2.50. The van der Waals surface area contributed by atoms with Gasteiger partial charge in [-0.2, -0.15) is 5.10 Å². The van der Waals surface area contributed by atoms with E-state index in [-0.39, 0.29) is 12.3 Å². The molecule has 1 fully saturated rings. The van der Waals surface area contributed by atoms with E-state index in [9.17, 15) is 4.79 Å². The first kappa shape index (κ1) is 21.0. The summed E-state index contributed by atoms with van der Waals surface area (Å²) < 4.78 is 7.47. The summed E-state index contributed by atoms with van der Waals surface area (Å²) in [7, 11) is 0. The number of hydrogen-bond donors (Lipinski definition) is 1. The van der Waals surface area contributed by atoms with Crippen LogP contribution in [0, 0.1) is 0 Å². The normalized spacial score (nSPS) is 14.4. The van der Waals surface area contributed by atoms with Crippen molar-refractivity contribution < 1.29 is 9.21 Å². The number of furan rings is 1. The van der Waals surface area contributed by atoms with Gasteiger partial charge in [-0.15, -0.1) is 0 Å². The van der Waals surface area contributed by atoms with Gasteiger partial charge in [0.2, 0.25) is 5.91 Å².